The van der Waals surface area contributed by atoms with Gasteiger partial charge in [-0.05, 0) is 30.2 Å². The summed E-state index contributed by atoms with van der Waals surface area (Å²) in [7, 11) is 0. The summed E-state index contributed by atoms with van der Waals surface area (Å²) < 4.78 is 20.6. The summed E-state index contributed by atoms with van der Waals surface area (Å²) in [6.07, 6.45) is -0.121. The van der Waals surface area contributed by atoms with Gasteiger partial charge in [0.1, 0.15) is 11.9 Å². The molecule has 144 valence electrons. The van der Waals surface area contributed by atoms with Crippen molar-refractivity contribution in [1.29, 1.82) is 0 Å². The number of carbonyl (C=O) groups is 1. The van der Waals surface area contributed by atoms with Crippen LogP contribution in [0.3, 0.4) is 0 Å². The Bertz CT molecular complexity index is 796. The first kappa shape index (κ1) is 21.1. The summed E-state index contributed by atoms with van der Waals surface area (Å²) in [4.78, 5) is 11.5. The lowest BCUT2D eigenvalue weighted by Gasteiger charge is -2.34. The standard InChI is InChI=1S/C21H23BrFNO3/c1-3-12-21(26,17-6-4-5-7-18(17)23)13-19(27-20(24)25)14(2)15-8-10-16(22)11-9-15/h3-11,14,19,26H,1,12-13H2,2H3,(H2,24,25)/t14?,19?,21-/m0/s1. The molecule has 3 atom stereocenters. The van der Waals surface area contributed by atoms with Gasteiger partial charge < -0.3 is 15.6 Å². The minimum atomic E-state index is -1.59. The molecule has 0 aliphatic rings. The third-order valence-electron chi connectivity index (χ3n) is 4.62. The van der Waals surface area contributed by atoms with Gasteiger partial charge in [0.25, 0.3) is 0 Å². The van der Waals surface area contributed by atoms with Crippen LogP contribution in [-0.2, 0) is 10.3 Å². The van der Waals surface area contributed by atoms with Crippen molar-refractivity contribution in [3.8, 4) is 0 Å². The second kappa shape index (κ2) is 9.15. The maximum Gasteiger partial charge on any atom is 0.404 e. The van der Waals surface area contributed by atoms with Gasteiger partial charge in [-0.15, -0.1) is 6.58 Å². The molecule has 2 rings (SSSR count). The monoisotopic (exact) mass is 435 g/mol. The Kier molecular flexibility index (Phi) is 7.16. The first-order chi connectivity index (χ1) is 12.8. The van der Waals surface area contributed by atoms with Crippen molar-refractivity contribution in [3.63, 3.8) is 0 Å². The van der Waals surface area contributed by atoms with Gasteiger partial charge in [-0.25, -0.2) is 9.18 Å². The van der Waals surface area contributed by atoms with Gasteiger partial charge in [-0.3, -0.25) is 0 Å². The van der Waals surface area contributed by atoms with Crippen LogP contribution < -0.4 is 5.73 Å². The lowest BCUT2D eigenvalue weighted by Crippen LogP contribution is -2.37. The molecule has 0 saturated heterocycles. The number of benzene rings is 2. The topological polar surface area (TPSA) is 72.6 Å². The smallest absolute Gasteiger partial charge is 0.404 e. The quantitative estimate of drug-likeness (QED) is 0.572. The molecule has 3 N–H and O–H groups in total. The van der Waals surface area contributed by atoms with E-state index in [1.807, 2.05) is 31.2 Å². The molecule has 0 aliphatic carbocycles. The first-order valence-electron chi connectivity index (χ1n) is 8.56. The van der Waals surface area contributed by atoms with Gasteiger partial charge in [0.05, 0.1) is 5.60 Å². The van der Waals surface area contributed by atoms with E-state index in [2.05, 4.69) is 22.5 Å². The zero-order valence-electron chi connectivity index (χ0n) is 15.1. The number of hydrogen-bond acceptors (Lipinski definition) is 3. The van der Waals surface area contributed by atoms with E-state index in [1.54, 1.807) is 12.1 Å². The molecule has 0 saturated carbocycles. The Morgan fingerprint density at radius 2 is 1.96 bits per heavy atom. The van der Waals surface area contributed by atoms with E-state index >= 15 is 0 Å². The largest absolute Gasteiger partial charge is 0.446 e. The van der Waals surface area contributed by atoms with Crippen LogP contribution in [0.4, 0.5) is 9.18 Å². The normalized spacial score (nSPS) is 15.4. The third kappa shape index (κ3) is 5.40. The molecule has 0 spiro atoms. The minimum Gasteiger partial charge on any atom is -0.446 e. The van der Waals surface area contributed by atoms with E-state index in [4.69, 9.17) is 10.5 Å². The predicted molar refractivity (Wildman–Crippen MR) is 107 cm³/mol. The molecule has 2 aromatic carbocycles. The molecular formula is C21H23BrFNO3. The van der Waals surface area contributed by atoms with Crippen molar-refractivity contribution < 1.29 is 19.0 Å². The highest BCUT2D eigenvalue weighted by Crippen LogP contribution is 2.37. The molecule has 0 heterocycles. The van der Waals surface area contributed by atoms with Crippen molar-refractivity contribution in [1.82, 2.24) is 0 Å². The number of nitrogens with two attached hydrogens (primary N) is 1. The van der Waals surface area contributed by atoms with Gasteiger partial charge in [0.2, 0.25) is 0 Å². The summed E-state index contributed by atoms with van der Waals surface area (Å²) in [5, 5.41) is 11.2. The summed E-state index contributed by atoms with van der Waals surface area (Å²) >= 11 is 3.38. The Morgan fingerprint density at radius 3 is 2.52 bits per heavy atom. The van der Waals surface area contributed by atoms with Crippen molar-refractivity contribution in [2.45, 2.75) is 37.4 Å². The average molecular weight is 436 g/mol. The second-order valence-corrected chi connectivity index (χ2v) is 7.44. The van der Waals surface area contributed by atoms with Crippen LogP contribution in [0.1, 0.15) is 36.8 Å². The van der Waals surface area contributed by atoms with Gasteiger partial charge in [0.15, 0.2) is 0 Å². The number of rotatable bonds is 8. The molecule has 6 heteroatoms. The Labute approximate surface area is 167 Å². The maximum atomic E-state index is 14.4. The fraction of sp³-hybridized carbons (Fsp3) is 0.286. The van der Waals surface area contributed by atoms with Gasteiger partial charge in [-0.2, -0.15) is 0 Å². The Balaban J connectivity index is 2.39. The van der Waals surface area contributed by atoms with Gasteiger partial charge >= 0.3 is 6.09 Å². The zero-order valence-corrected chi connectivity index (χ0v) is 16.7. The molecule has 0 aliphatic heterocycles. The fourth-order valence-corrected chi connectivity index (χ4v) is 3.43. The number of carbonyl (C=O) groups excluding carboxylic acids is 1. The SMILES string of the molecule is C=CC[C@](O)(CC(OC(N)=O)C(C)c1ccc(Br)cc1)c1ccccc1F. The van der Waals surface area contributed by atoms with E-state index in [0.29, 0.717) is 0 Å². The highest BCUT2D eigenvalue weighted by Gasteiger charge is 2.37. The molecule has 0 radical (unpaired) electrons. The summed E-state index contributed by atoms with van der Waals surface area (Å²) in [5.41, 5.74) is 4.70. The van der Waals surface area contributed by atoms with Crippen LogP contribution in [-0.4, -0.2) is 17.3 Å². The molecular weight excluding hydrogens is 413 g/mol. The van der Waals surface area contributed by atoms with E-state index in [1.165, 1.54) is 18.2 Å². The van der Waals surface area contributed by atoms with Crippen LogP contribution in [0.2, 0.25) is 0 Å². The molecule has 27 heavy (non-hydrogen) atoms. The first-order valence-corrected chi connectivity index (χ1v) is 9.36. The number of aliphatic hydroxyl groups is 1. The molecule has 0 fully saturated rings. The highest BCUT2D eigenvalue weighted by atomic mass is 79.9. The molecule has 2 unspecified atom stereocenters. The van der Waals surface area contributed by atoms with Crippen molar-refractivity contribution >= 4 is 22.0 Å². The molecule has 4 nitrogen and oxygen atoms in total. The number of halogens is 2. The van der Waals surface area contributed by atoms with Crippen molar-refractivity contribution in [2.75, 3.05) is 0 Å². The van der Waals surface area contributed by atoms with Gasteiger partial charge in [-0.1, -0.05) is 59.3 Å². The zero-order chi connectivity index (χ0) is 20.0. The number of amides is 1. The molecule has 1 amide bonds. The summed E-state index contributed by atoms with van der Waals surface area (Å²) in [6.45, 7) is 5.53. The van der Waals surface area contributed by atoms with Crippen LogP contribution in [0.25, 0.3) is 0 Å². The minimum absolute atomic E-state index is 0.0277. The highest BCUT2D eigenvalue weighted by molar-refractivity contribution is 9.10. The predicted octanol–water partition coefficient (Wildman–Crippen LogP) is 5.01. The summed E-state index contributed by atoms with van der Waals surface area (Å²) in [5.74, 6) is -0.801. The Hall–Kier alpha value is -2.18. The third-order valence-corrected chi connectivity index (χ3v) is 5.15. The van der Waals surface area contributed by atoms with E-state index < -0.39 is 23.6 Å². The molecule has 2 aromatic rings. The number of primary amides is 1. The van der Waals surface area contributed by atoms with Crippen LogP contribution in [0.5, 0.6) is 0 Å². The second-order valence-electron chi connectivity index (χ2n) is 6.52. The van der Waals surface area contributed by atoms with Crippen LogP contribution in [0.15, 0.2) is 65.7 Å². The van der Waals surface area contributed by atoms with Crippen LogP contribution >= 0.6 is 15.9 Å². The lowest BCUT2D eigenvalue weighted by molar-refractivity contribution is -0.0257. The lowest BCUT2D eigenvalue weighted by atomic mass is 9.80. The maximum absolute atomic E-state index is 14.4. The molecule has 0 aromatic heterocycles. The van der Waals surface area contributed by atoms with E-state index in [-0.39, 0.29) is 24.3 Å². The summed E-state index contributed by atoms with van der Waals surface area (Å²) in [6, 6.07) is 13.5. The fourth-order valence-electron chi connectivity index (χ4n) is 3.16. The average Bonchev–Trinajstić information content (AvgIpc) is 2.61. The van der Waals surface area contributed by atoms with E-state index in [0.717, 1.165) is 10.0 Å². The van der Waals surface area contributed by atoms with E-state index in [9.17, 15) is 14.3 Å². The number of ether oxygens (including phenoxy) is 1. The van der Waals surface area contributed by atoms with Crippen molar-refractivity contribution in [2.24, 2.45) is 5.73 Å². The van der Waals surface area contributed by atoms with Crippen LogP contribution in [0, 0.1) is 5.82 Å². The Morgan fingerprint density at radius 1 is 1.33 bits per heavy atom. The van der Waals surface area contributed by atoms with Gasteiger partial charge in [0, 0.05) is 22.4 Å². The van der Waals surface area contributed by atoms with Crippen molar-refractivity contribution in [3.05, 3.63) is 82.6 Å². The number of hydrogen-bond donors (Lipinski definition) is 2. The molecule has 0 bridgehead atoms.